The van der Waals surface area contributed by atoms with Crippen LogP contribution >= 0.6 is 0 Å². The summed E-state index contributed by atoms with van der Waals surface area (Å²) in [5.41, 5.74) is 1.87. The van der Waals surface area contributed by atoms with Gasteiger partial charge in [0.2, 0.25) is 10.0 Å². The summed E-state index contributed by atoms with van der Waals surface area (Å²) in [6.07, 6.45) is 0. The Morgan fingerprint density at radius 2 is 1.71 bits per heavy atom. The maximum absolute atomic E-state index is 12.0. The highest BCUT2D eigenvalue weighted by molar-refractivity contribution is 7.93. The van der Waals surface area contributed by atoms with Crippen LogP contribution in [0.3, 0.4) is 0 Å². The van der Waals surface area contributed by atoms with Crippen LogP contribution in [0, 0.1) is 0 Å². The van der Waals surface area contributed by atoms with Crippen LogP contribution in [-0.4, -0.2) is 20.7 Å². The lowest BCUT2D eigenvalue weighted by atomic mass is 10.0. The Morgan fingerprint density at radius 3 is 2.18 bits per heavy atom. The Labute approximate surface area is 105 Å². The SMILES string of the molecule is CC(C)c1cccc(N(C)S(=O)(=O)C(C)C)c1. The zero-order chi connectivity index (χ0) is 13.2. The van der Waals surface area contributed by atoms with Gasteiger partial charge in [-0.1, -0.05) is 26.0 Å². The van der Waals surface area contributed by atoms with Crippen molar-refractivity contribution in [2.24, 2.45) is 0 Å². The van der Waals surface area contributed by atoms with E-state index in [9.17, 15) is 8.42 Å². The number of anilines is 1. The Kier molecular flexibility index (Phi) is 4.20. The maximum atomic E-state index is 12.0. The van der Waals surface area contributed by atoms with Crippen molar-refractivity contribution >= 4 is 15.7 Å². The average molecular weight is 255 g/mol. The highest BCUT2D eigenvalue weighted by Crippen LogP contribution is 2.23. The smallest absolute Gasteiger partial charge is 0.237 e. The van der Waals surface area contributed by atoms with Crippen molar-refractivity contribution in [1.82, 2.24) is 0 Å². The molecule has 0 aliphatic heterocycles. The molecule has 1 aromatic carbocycles. The van der Waals surface area contributed by atoms with Crippen LogP contribution in [0.4, 0.5) is 5.69 Å². The Hall–Kier alpha value is -1.03. The molecule has 0 aliphatic rings. The summed E-state index contributed by atoms with van der Waals surface area (Å²) < 4.78 is 25.4. The first-order valence-electron chi connectivity index (χ1n) is 5.84. The molecule has 0 bridgehead atoms. The predicted octanol–water partition coefficient (Wildman–Crippen LogP) is 2.98. The molecule has 0 unspecified atom stereocenters. The molecule has 0 aliphatic carbocycles. The molecule has 0 amide bonds. The Morgan fingerprint density at radius 1 is 1.12 bits per heavy atom. The van der Waals surface area contributed by atoms with Gasteiger partial charge in [-0.15, -0.1) is 0 Å². The van der Waals surface area contributed by atoms with E-state index in [0.717, 1.165) is 11.3 Å². The fraction of sp³-hybridized carbons (Fsp3) is 0.538. The molecule has 0 saturated heterocycles. The van der Waals surface area contributed by atoms with Crippen molar-refractivity contribution in [2.45, 2.75) is 38.9 Å². The molecular formula is C13H21NO2S. The van der Waals surface area contributed by atoms with Gasteiger partial charge in [0.25, 0.3) is 0 Å². The standard InChI is InChI=1S/C13H21NO2S/c1-10(2)12-7-6-8-13(9-12)14(5)17(15,16)11(3)4/h6-11H,1-5H3. The first-order valence-corrected chi connectivity index (χ1v) is 7.35. The summed E-state index contributed by atoms with van der Waals surface area (Å²) in [4.78, 5) is 0. The van der Waals surface area contributed by atoms with E-state index in [1.54, 1.807) is 20.9 Å². The average Bonchev–Trinajstić information content (AvgIpc) is 2.27. The quantitative estimate of drug-likeness (QED) is 0.829. The second kappa shape index (κ2) is 5.08. The van der Waals surface area contributed by atoms with E-state index in [1.807, 2.05) is 24.3 Å². The monoisotopic (exact) mass is 255 g/mol. The first-order chi connectivity index (χ1) is 7.76. The van der Waals surface area contributed by atoms with Gasteiger partial charge in [-0.2, -0.15) is 0 Å². The van der Waals surface area contributed by atoms with E-state index in [1.165, 1.54) is 4.31 Å². The predicted molar refractivity (Wildman–Crippen MR) is 73.0 cm³/mol. The van der Waals surface area contributed by atoms with Gasteiger partial charge in [0.15, 0.2) is 0 Å². The van der Waals surface area contributed by atoms with Crippen molar-refractivity contribution in [3.63, 3.8) is 0 Å². The van der Waals surface area contributed by atoms with Gasteiger partial charge < -0.3 is 0 Å². The molecule has 0 N–H and O–H groups in total. The van der Waals surface area contributed by atoms with Crippen LogP contribution < -0.4 is 4.31 Å². The Bertz CT molecular complexity index is 478. The third kappa shape index (κ3) is 3.00. The second-order valence-electron chi connectivity index (χ2n) is 4.81. The molecule has 0 saturated carbocycles. The van der Waals surface area contributed by atoms with Gasteiger partial charge in [-0.3, -0.25) is 4.31 Å². The summed E-state index contributed by atoms with van der Waals surface area (Å²) in [6, 6.07) is 7.68. The van der Waals surface area contributed by atoms with E-state index in [2.05, 4.69) is 13.8 Å². The number of nitrogens with zero attached hydrogens (tertiary/aromatic N) is 1. The largest absolute Gasteiger partial charge is 0.273 e. The van der Waals surface area contributed by atoms with E-state index in [-0.39, 0.29) is 0 Å². The summed E-state index contributed by atoms with van der Waals surface area (Å²) in [6.45, 7) is 7.57. The molecule has 4 heteroatoms. The summed E-state index contributed by atoms with van der Waals surface area (Å²) in [5.74, 6) is 0.394. The molecule has 96 valence electrons. The maximum Gasteiger partial charge on any atom is 0.237 e. The van der Waals surface area contributed by atoms with Crippen LogP contribution in [-0.2, 0) is 10.0 Å². The van der Waals surface area contributed by atoms with Crippen LogP contribution in [0.15, 0.2) is 24.3 Å². The van der Waals surface area contributed by atoms with E-state index >= 15 is 0 Å². The lowest BCUT2D eigenvalue weighted by Gasteiger charge is -2.22. The van der Waals surface area contributed by atoms with E-state index in [0.29, 0.717) is 5.92 Å². The second-order valence-corrected chi connectivity index (χ2v) is 7.33. The number of benzene rings is 1. The Balaban J connectivity index is 3.13. The van der Waals surface area contributed by atoms with Gasteiger partial charge in [0.1, 0.15) is 0 Å². The summed E-state index contributed by atoms with van der Waals surface area (Å²) in [7, 11) is -1.63. The number of hydrogen-bond acceptors (Lipinski definition) is 2. The molecule has 3 nitrogen and oxygen atoms in total. The van der Waals surface area contributed by atoms with Crippen LogP contribution in [0.5, 0.6) is 0 Å². The van der Waals surface area contributed by atoms with Crippen molar-refractivity contribution in [3.05, 3.63) is 29.8 Å². The zero-order valence-electron chi connectivity index (χ0n) is 11.1. The molecular weight excluding hydrogens is 234 g/mol. The topological polar surface area (TPSA) is 37.4 Å². The zero-order valence-corrected chi connectivity index (χ0v) is 12.0. The van der Waals surface area contributed by atoms with E-state index in [4.69, 9.17) is 0 Å². The van der Waals surface area contributed by atoms with Gasteiger partial charge >= 0.3 is 0 Å². The molecule has 17 heavy (non-hydrogen) atoms. The number of hydrogen-bond donors (Lipinski definition) is 0. The minimum atomic E-state index is -3.24. The van der Waals surface area contributed by atoms with Crippen LogP contribution in [0.1, 0.15) is 39.2 Å². The minimum Gasteiger partial charge on any atom is -0.273 e. The summed E-state index contributed by atoms with van der Waals surface area (Å²) in [5, 5.41) is -0.407. The lowest BCUT2D eigenvalue weighted by molar-refractivity contribution is 0.585. The highest BCUT2D eigenvalue weighted by atomic mass is 32.2. The fourth-order valence-corrected chi connectivity index (χ4v) is 2.58. The molecule has 0 atom stereocenters. The normalized spacial score (nSPS) is 12.2. The lowest BCUT2D eigenvalue weighted by Crippen LogP contribution is -2.33. The minimum absolute atomic E-state index is 0.394. The fourth-order valence-electron chi connectivity index (χ4n) is 1.54. The van der Waals surface area contributed by atoms with Gasteiger partial charge in [-0.05, 0) is 37.5 Å². The van der Waals surface area contributed by atoms with Crippen molar-refractivity contribution in [1.29, 1.82) is 0 Å². The molecule has 0 fully saturated rings. The third-order valence-electron chi connectivity index (χ3n) is 2.88. The molecule has 1 rings (SSSR count). The molecule has 0 heterocycles. The third-order valence-corrected chi connectivity index (χ3v) is 5.04. The van der Waals surface area contributed by atoms with Crippen LogP contribution in [0.25, 0.3) is 0 Å². The number of rotatable bonds is 4. The van der Waals surface area contributed by atoms with E-state index < -0.39 is 15.3 Å². The summed E-state index contributed by atoms with van der Waals surface area (Å²) >= 11 is 0. The van der Waals surface area contributed by atoms with Crippen LogP contribution in [0.2, 0.25) is 0 Å². The van der Waals surface area contributed by atoms with Gasteiger partial charge in [0, 0.05) is 7.05 Å². The first kappa shape index (κ1) is 14.0. The molecule has 0 aromatic heterocycles. The molecule has 1 aromatic rings. The van der Waals surface area contributed by atoms with Crippen molar-refractivity contribution < 1.29 is 8.42 Å². The van der Waals surface area contributed by atoms with Crippen molar-refractivity contribution in [3.8, 4) is 0 Å². The number of sulfonamides is 1. The molecule has 0 radical (unpaired) electrons. The molecule has 0 spiro atoms. The van der Waals surface area contributed by atoms with Gasteiger partial charge in [-0.25, -0.2) is 8.42 Å². The van der Waals surface area contributed by atoms with Crippen molar-refractivity contribution in [2.75, 3.05) is 11.4 Å². The highest BCUT2D eigenvalue weighted by Gasteiger charge is 2.22. The van der Waals surface area contributed by atoms with Gasteiger partial charge in [0.05, 0.1) is 10.9 Å².